The first-order valence-corrected chi connectivity index (χ1v) is 4.97. The molecule has 2 nitrogen and oxygen atoms in total. The number of nitrogens with two attached hydrogens (primary N) is 1. The van der Waals surface area contributed by atoms with Crippen LogP contribution in [0.25, 0.3) is 11.0 Å². The second-order valence-electron chi connectivity index (χ2n) is 2.93. The number of hydrogen-bond donors (Lipinski definition) is 1. The number of fused-ring (bicyclic) bond motifs is 1. The van der Waals surface area contributed by atoms with Gasteiger partial charge in [-0.25, -0.2) is 0 Å². The van der Waals surface area contributed by atoms with E-state index in [2.05, 4.69) is 15.9 Å². The van der Waals surface area contributed by atoms with Crippen LogP contribution in [0.3, 0.4) is 0 Å². The number of furan rings is 1. The van der Waals surface area contributed by atoms with Gasteiger partial charge < -0.3 is 10.2 Å². The molecule has 0 amide bonds. The van der Waals surface area contributed by atoms with Crippen molar-refractivity contribution in [3.63, 3.8) is 0 Å². The number of halogens is 1. The first kappa shape index (κ1) is 8.78. The number of benzene rings is 1. The van der Waals surface area contributed by atoms with Crippen molar-refractivity contribution in [2.75, 3.05) is 6.54 Å². The second kappa shape index (κ2) is 3.52. The van der Waals surface area contributed by atoms with Crippen LogP contribution in [0.1, 0.15) is 5.76 Å². The zero-order valence-electron chi connectivity index (χ0n) is 7.09. The van der Waals surface area contributed by atoms with Crippen LogP contribution in [-0.4, -0.2) is 6.54 Å². The van der Waals surface area contributed by atoms with Gasteiger partial charge in [-0.2, -0.15) is 0 Å². The largest absolute Gasteiger partial charge is 0.461 e. The molecular formula is C10H10BrNO. The summed E-state index contributed by atoms with van der Waals surface area (Å²) in [7, 11) is 0. The molecule has 0 aliphatic heterocycles. The quantitative estimate of drug-likeness (QED) is 0.876. The number of hydrogen-bond acceptors (Lipinski definition) is 2. The molecule has 1 aromatic heterocycles. The Kier molecular flexibility index (Phi) is 2.38. The molecule has 0 unspecified atom stereocenters. The van der Waals surface area contributed by atoms with Crippen molar-refractivity contribution in [1.82, 2.24) is 0 Å². The first-order valence-electron chi connectivity index (χ1n) is 4.17. The van der Waals surface area contributed by atoms with Crippen molar-refractivity contribution in [2.24, 2.45) is 5.73 Å². The van der Waals surface area contributed by atoms with E-state index in [1.54, 1.807) is 0 Å². The van der Waals surface area contributed by atoms with Gasteiger partial charge in [0.05, 0.1) is 0 Å². The Morgan fingerprint density at radius 3 is 2.92 bits per heavy atom. The Labute approximate surface area is 84.8 Å². The molecule has 2 aromatic rings. The van der Waals surface area contributed by atoms with Crippen LogP contribution in [0, 0.1) is 0 Å². The third-order valence-corrected chi connectivity index (χ3v) is 2.41. The van der Waals surface area contributed by atoms with Gasteiger partial charge in [0.1, 0.15) is 11.3 Å². The van der Waals surface area contributed by atoms with E-state index >= 15 is 0 Å². The van der Waals surface area contributed by atoms with Crippen LogP contribution >= 0.6 is 15.9 Å². The van der Waals surface area contributed by atoms with Crippen molar-refractivity contribution < 1.29 is 4.42 Å². The van der Waals surface area contributed by atoms with Crippen LogP contribution in [0.15, 0.2) is 33.2 Å². The Hall–Kier alpha value is -0.800. The predicted octanol–water partition coefficient (Wildman–Crippen LogP) is 2.70. The standard InChI is InChI=1S/C10H10BrNO/c11-8-1-2-10-7(5-8)6-9(13-10)3-4-12/h1-2,5-6H,3-4,12H2. The van der Waals surface area contributed by atoms with Gasteiger partial charge in [-0.15, -0.1) is 0 Å². The molecule has 0 bridgehead atoms. The smallest absolute Gasteiger partial charge is 0.134 e. The lowest BCUT2D eigenvalue weighted by molar-refractivity contribution is 0.550. The highest BCUT2D eigenvalue weighted by molar-refractivity contribution is 9.10. The minimum absolute atomic E-state index is 0.626. The molecule has 68 valence electrons. The van der Waals surface area contributed by atoms with E-state index in [0.29, 0.717) is 6.54 Å². The summed E-state index contributed by atoms with van der Waals surface area (Å²) in [6, 6.07) is 8.00. The SMILES string of the molecule is NCCc1cc2cc(Br)ccc2o1. The van der Waals surface area contributed by atoms with E-state index < -0.39 is 0 Å². The van der Waals surface area contributed by atoms with E-state index in [0.717, 1.165) is 27.6 Å². The Morgan fingerprint density at radius 2 is 2.15 bits per heavy atom. The van der Waals surface area contributed by atoms with E-state index in [4.69, 9.17) is 10.2 Å². The molecule has 0 fully saturated rings. The molecule has 2 N–H and O–H groups in total. The van der Waals surface area contributed by atoms with Gasteiger partial charge in [0, 0.05) is 16.3 Å². The van der Waals surface area contributed by atoms with Crippen molar-refractivity contribution in [3.8, 4) is 0 Å². The molecular weight excluding hydrogens is 230 g/mol. The van der Waals surface area contributed by atoms with E-state index in [-0.39, 0.29) is 0 Å². The van der Waals surface area contributed by atoms with Crippen molar-refractivity contribution in [2.45, 2.75) is 6.42 Å². The summed E-state index contributed by atoms with van der Waals surface area (Å²) in [5, 5.41) is 1.12. The Morgan fingerprint density at radius 1 is 1.31 bits per heavy atom. The highest BCUT2D eigenvalue weighted by Gasteiger charge is 2.02. The summed E-state index contributed by atoms with van der Waals surface area (Å²) in [4.78, 5) is 0. The normalized spacial score (nSPS) is 10.9. The Bertz CT molecular complexity index is 422. The van der Waals surface area contributed by atoms with Crippen molar-refractivity contribution in [1.29, 1.82) is 0 Å². The molecule has 0 radical (unpaired) electrons. The molecule has 3 heteroatoms. The summed E-state index contributed by atoms with van der Waals surface area (Å²) in [6.45, 7) is 0.626. The van der Waals surface area contributed by atoms with Crippen LogP contribution in [0.4, 0.5) is 0 Å². The predicted molar refractivity (Wildman–Crippen MR) is 56.7 cm³/mol. The third-order valence-electron chi connectivity index (χ3n) is 1.92. The highest BCUT2D eigenvalue weighted by Crippen LogP contribution is 2.23. The lowest BCUT2D eigenvalue weighted by Crippen LogP contribution is -2.01. The van der Waals surface area contributed by atoms with E-state index in [9.17, 15) is 0 Å². The highest BCUT2D eigenvalue weighted by atomic mass is 79.9. The fraction of sp³-hybridized carbons (Fsp3) is 0.200. The van der Waals surface area contributed by atoms with Crippen LogP contribution < -0.4 is 5.73 Å². The van der Waals surface area contributed by atoms with E-state index in [1.807, 2.05) is 24.3 Å². The summed E-state index contributed by atoms with van der Waals surface area (Å²) < 4.78 is 6.63. The summed E-state index contributed by atoms with van der Waals surface area (Å²) in [5.41, 5.74) is 6.37. The maximum absolute atomic E-state index is 5.56. The van der Waals surface area contributed by atoms with Crippen molar-refractivity contribution >= 4 is 26.9 Å². The molecule has 1 aromatic carbocycles. The molecule has 13 heavy (non-hydrogen) atoms. The maximum Gasteiger partial charge on any atom is 0.134 e. The molecule has 0 spiro atoms. The number of rotatable bonds is 2. The molecule has 0 aliphatic rings. The molecule has 0 atom stereocenters. The lowest BCUT2D eigenvalue weighted by atomic mass is 10.2. The zero-order chi connectivity index (χ0) is 9.26. The van der Waals surface area contributed by atoms with Crippen LogP contribution in [-0.2, 0) is 6.42 Å². The summed E-state index contributed by atoms with van der Waals surface area (Å²) in [6.07, 6.45) is 0.798. The van der Waals surface area contributed by atoms with Crippen LogP contribution in [0.5, 0.6) is 0 Å². The zero-order valence-corrected chi connectivity index (χ0v) is 8.67. The Balaban J connectivity index is 2.49. The average molecular weight is 240 g/mol. The molecule has 0 saturated carbocycles. The van der Waals surface area contributed by atoms with Gasteiger partial charge in [-0.05, 0) is 30.8 Å². The molecule has 0 saturated heterocycles. The van der Waals surface area contributed by atoms with Gasteiger partial charge in [0.15, 0.2) is 0 Å². The first-order chi connectivity index (χ1) is 6.29. The van der Waals surface area contributed by atoms with Gasteiger partial charge in [0.2, 0.25) is 0 Å². The van der Waals surface area contributed by atoms with Crippen LogP contribution in [0.2, 0.25) is 0 Å². The topological polar surface area (TPSA) is 39.2 Å². The molecule has 1 heterocycles. The average Bonchev–Trinajstić information content (AvgIpc) is 2.46. The molecule has 0 aliphatic carbocycles. The second-order valence-corrected chi connectivity index (χ2v) is 3.85. The monoisotopic (exact) mass is 239 g/mol. The lowest BCUT2D eigenvalue weighted by Gasteiger charge is -1.89. The minimum atomic E-state index is 0.626. The van der Waals surface area contributed by atoms with Gasteiger partial charge >= 0.3 is 0 Å². The van der Waals surface area contributed by atoms with Gasteiger partial charge in [0.25, 0.3) is 0 Å². The van der Waals surface area contributed by atoms with Gasteiger partial charge in [-0.3, -0.25) is 0 Å². The third kappa shape index (κ3) is 1.76. The summed E-state index contributed by atoms with van der Waals surface area (Å²) >= 11 is 3.41. The fourth-order valence-corrected chi connectivity index (χ4v) is 1.71. The molecule has 2 rings (SSSR count). The van der Waals surface area contributed by atoms with E-state index in [1.165, 1.54) is 0 Å². The van der Waals surface area contributed by atoms with Crippen molar-refractivity contribution in [3.05, 3.63) is 34.5 Å². The summed E-state index contributed by atoms with van der Waals surface area (Å²) in [5.74, 6) is 0.954. The fourth-order valence-electron chi connectivity index (χ4n) is 1.33. The minimum Gasteiger partial charge on any atom is -0.461 e. The maximum atomic E-state index is 5.56. The van der Waals surface area contributed by atoms with Gasteiger partial charge in [-0.1, -0.05) is 15.9 Å².